The lowest BCUT2D eigenvalue weighted by molar-refractivity contribution is 0.413. The van der Waals surface area contributed by atoms with Crippen molar-refractivity contribution in [2.45, 2.75) is 0 Å². The van der Waals surface area contributed by atoms with Gasteiger partial charge in [0.2, 0.25) is 0 Å². The molecule has 0 bridgehead atoms. The van der Waals surface area contributed by atoms with E-state index in [1.54, 1.807) is 44.0 Å². The van der Waals surface area contributed by atoms with E-state index in [0.29, 0.717) is 11.4 Å². The third-order valence-corrected chi connectivity index (χ3v) is 5.61. The van der Waals surface area contributed by atoms with E-state index in [0.717, 1.165) is 50.0 Å². The second-order valence-electron chi connectivity index (χ2n) is 7.62. The molecule has 0 unspecified atom stereocenters. The predicted molar refractivity (Wildman–Crippen MR) is 124 cm³/mol. The van der Waals surface area contributed by atoms with Crippen LogP contribution in [-0.2, 0) is 0 Å². The van der Waals surface area contributed by atoms with Gasteiger partial charge in [-0.15, -0.1) is 0 Å². The molecule has 0 saturated carbocycles. The molecule has 1 aromatic carbocycles. The number of pyridine rings is 3. The summed E-state index contributed by atoms with van der Waals surface area (Å²) < 4.78 is 18.7. The maximum atomic E-state index is 13.4. The topological polar surface area (TPSA) is 92.4 Å². The standard InChI is InChI=1S/C25H17FN6O/c1-33-17-8-15(10-27-11-17)20-6-7-21-24(30-20)25(32-31-21)22-9-18-19(12-28-13-23(18)29-22)14-2-4-16(26)5-3-14/h2-13,29H,1H3,(H,31,32). The normalized spacial score (nSPS) is 11.3. The van der Waals surface area contributed by atoms with Crippen LogP contribution in [0, 0.1) is 5.82 Å². The number of H-pyrrole nitrogens is 2. The number of benzene rings is 1. The van der Waals surface area contributed by atoms with Gasteiger partial charge >= 0.3 is 0 Å². The molecular formula is C25H17FN6O. The molecule has 0 amide bonds. The van der Waals surface area contributed by atoms with Crippen LogP contribution in [0.15, 0.2) is 73.3 Å². The molecule has 0 aliphatic carbocycles. The maximum absolute atomic E-state index is 13.4. The van der Waals surface area contributed by atoms with Crippen molar-refractivity contribution >= 4 is 21.9 Å². The first-order valence-corrected chi connectivity index (χ1v) is 10.3. The van der Waals surface area contributed by atoms with Crippen molar-refractivity contribution in [2.75, 3.05) is 7.11 Å². The van der Waals surface area contributed by atoms with Crippen molar-refractivity contribution in [2.24, 2.45) is 0 Å². The van der Waals surface area contributed by atoms with Crippen LogP contribution in [0.3, 0.4) is 0 Å². The minimum atomic E-state index is -0.273. The number of halogens is 1. The minimum absolute atomic E-state index is 0.273. The molecule has 0 aliphatic rings. The highest BCUT2D eigenvalue weighted by Gasteiger charge is 2.16. The Hall–Kier alpha value is -4.59. The number of ether oxygens (including phenoxy) is 1. The minimum Gasteiger partial charge on any atom is -0.495 e. The molecule has 160 valence electrons. The van der Waals surface area contributed by atoms with Crippen LogP contribution in [0.5, 0.6) is 5.75 Å². The molecule has 6 rings (SSSR count). The molecule has 7 nitrogen and oxygen atoms in total. The van der Waals surface area contributed by atoms with E-state index < -0.39 is 0 Å². The van der Waals surface area contributed by atoms with Crippen molar-refractivity contribution in [1.82, 2.24) is 30.1 Å². The lowest BCUT2D eigenvalue weighted by Gasteiger charge is -2.04. The zero-order valence-electron chi connectivity index (χ0n) is 17.5. The van der Waals surface area contributed by atoms with Gasteiger partial charge in [0.25, 0.3) is 0 Å². The van der Waals surface area contributed by atoms with Crippen LogP contribution in [0.4, 0.5) is 4.39 Å². The number of aromatic amines is 2. The molecule has 33 heavy (non-hydrogen) atoms. The maximum Gasteiger partial charge on any atom is 0.137 e. The Balaban J connectivity index is 1.48. The molecule has 0 saturated heterocycles. The summed E-state index contributed by atoms with van der Waals surface area (Å²) in [5, 5.41) is 8.54. The highest BCUT2D eigenvalue weighted by atomic mass is 19.1. The van der Waals surface area contributed by atoms with E-state index in [1.165, 1.54) is 12.1 Å². The third kappa shape index (κ3) is 3.28. The van der Waals surface area contributed by atoms with Gasteiger partial charge in [0, 0.05) is 28.9 Å². The Bertz CT molecular complexity index is 1620. The summed E-state index contributed by atoms with van der Waals surface area (Å²) in [6.45, 7) is 0. The molecular weight excluding hydrogens is 419 g/mol. The van der Waals surface area contributed by atoms with Gasteiger partial charge in [-0.1, -0.05) is 12.1 Å². The van der Waals surface area contributed by atoms with Gasteiger partial charge in [0.05, 0.1) is 41.9 Å². The molecule has 5 heterocycles. The van der Waals surface area contributed by atoms with Crippen molar-refractivity contribution in [3.63, 3.8) is 0 Å². The van der Waals surface area contributed by atoms with Gasteiger partial charge in [-0.25, -0.2) is 9.37 Å². The average molecular weight is 436 g/mol. The molecule has 6 aromatic rings. The van der Waals surface area contributed by atoms with Crippen LogP contribution >= 0.6 is 0 Å². The van der Waals surface area contributed by atoms with Crippen LogP contribution in [0.25, 0.3) is 55.7 Å². The summed E-state index contributed by atoms with van der Waals surface area (Å²) in [5.41, 5.74) is 7.33. The molecule has 2 N–H and O–H groups in total. The smallest absolute Gasteiger partial charge is 0.137 e. The van der Waals surface area contributed by atoms with Gasteiger partial charge in [0.15, 0.2) is 0 Å². The summed E-state index contributed by atoms with van der Waals surface area (Å²) in [5.74, 6) is 0.392. The molecule has 0 aliphatic heterocycles. The van der Waals surface area contributed by atoms with Gasteiger partial charge in [-0.2, -0.15) is 5.10 Å². The van der Waals surface area contributed by atoms with Crippen LogP contribution < -0.4 is 4.74 Å². The second kappa shape index (κ2) is 7.52. The molecule has 8 heteroatoms. The number of hydrogen-bond donors (Lipinski definition) is 2. The first-order chi connectivity index (χ1) is 16.2. The SMILES string of the molecule is COc1cncc(-c2ccc3[nH]nc(-c4cc5c(-c6ccc(F)cc6)cncc5[nH]4)c3n2)c1. The van der Waals surface area contributed by atoms with Crippen molar-refractivity contribution in [3.05, 3.63) is 79.1 Å². The summed E-state index contributed by atoms with van der Waals surface area (Å²) in [4.78, 5) is 16.8. The second-order valence-corrected chi connectivity index (χ2v) is 7.62. The number of nitrogens with zero attached hydrogens (tertiary/aromatic N) is 4. The zero-order chi connectivity index (χ0) is 22.4. The summed E-state index contributed by atoms with van der Waals surface area (Å²) in [6, 6.07) is 14.2. The number of methoxy groups -OCH3 is 1. The Morgan fingerprint density at radius 1 is 0.848 bits per heavy atom. The van der Waals surface area contributed by atoms with Gasteiger partial charge < -0.3 is 9.72 Å². The van der Waals surface area contributed by atoms with Crippen molar-refractivity contribution < 1.29 is 9.13 Å². The summed E-state index contributed by atoms with van der Waals surface area (Å²) in [6.07, 6.45) is 6.95. The molecule has 0 atom stereocenters. The molecule has 5 aromatic heterocycles. The molecule has 0 fully saturated rings. The summed E-state index contributed by atoms with van der Waals surface area (Å²) >= 11 is 0. The Morgan fingerprint density at radius 2 is 1.70 bits per heavy atom. The third-order valence-electron chi connectivity index (χ3n) is 5.61. The average Bonchev–Trinajstić information content (AvgIpc) is 3.48. The number of nitrogens with one attached hydrogen (secondary N) is 2. The van der Waals surface area contributed by atoms with Crippen molar-refractivity contribution in [1.29, 1.82) is 0 Å². The van der Waals surface area contributed by atoms with Crippen LogP contribution in [0.2, 0.25) is 0 Å². The monoisotopic (exact) mass is 436 g/mol. The molecule has 0 spiro atoms. The lowest BCUT2D eigenvalue weighted by atomic mass is 10.0. The highest BCUT2D eigenvalue weighted by Crippen LogP contribution is 2.33. The number of hydrogen-bond acceptors (Lipinski definition) is 5. The van der Waals surface area contributed by atoms with E-state index >= 15 is 0 Å². The lowest BCUT2D eigenvalue weighted by Crippen LogP contribution is -1.89. The van der Waals surface area contributed by atoms with Gasteiger partial charge in [0.1, 0.15) is 22.8 Å². The first-order valence-electron chi connectivity index (χ1n) is 10.3. The van der Waals surface area contributed by atoms with Crippen molar-refractivity contribution in [3.8, 4) is 39.5 Å². The number of fused-ring (bicyclic) bond motifs is 2. The summed E-state index contributed by atoms with van der Waals surface area (Å²) in [7, 11) is 1.61. The number of rotatable bonds is 4. The largest absolute Gasteiger partial charge is 0.495 e. The van der Waals surface area contributed by atoms with Crippen LogP contribution in [0.1, 0.15) is 0 Å². The Labute approximate surface area is 187 Å². The Morgan fingerprint density at radius 3 is 2.55 bits per heavy atom. The Kier molecular flexibility index (Phi) is 4.36. The zero-order valence-corrected chi connectivity index (χ0v) is 17.5. The predicted octanol–water partition coefficient (Wildman–Crippen LogP) is 5.38. The quantitative estimate of drug-likeness (QED) is 0.387. The van der Waals surface area contributed by atoms with E-state index in [2.05, 4.69) is 25.1 Å². The van der Waals surface area contributed by atoms with Gasteiger partial charge in [-0.3, -0.25) is 15.1 Å². The van der Waals surface area contributed by atoms with Crippen LogP contribution in [-0.4, -0.2) is 37.2 Å². The van der Waals surface area contributed by atoms with E-state index in [1.807, 2.05) is 24.3 Å². The van der Waals surface area contributed by atoms with E-state index in [-0.39, 0.29) is 5.82 Å². The van der Waals surface area contributed by atoms with E-state index in [9.17, 15) is 4.39 Å². The number of aromatic nitrogens is 6. The first kappa shape index (κ1) is 19.1. The fourth-order valence-electron chi connectivity index (χ4n) is 3.96. The van der Waals surface area contributed by atoms with E-state index in [4.69, 9.17) is 9.72 Å². The fraction of sp³-hybridized carbons (Fsp3) is 0.0400. The molecule has 0 radical (unpaired) electrons. The van der Waals surface area contributed by atoms with Gasteiger partial charge in [-0.05, 0) is 42.0 Å². The fourth-order valence-corrected chi connectivity index (χ4v) is 3.96. The highest BCUT2D eigenvalue weighted by molar-refractivity contribution is 5.99.